The third-order valence-electron chi connectivity index (χ3n) is 4.67. The summed E-state index contributed by atoms with van der Waals surface area (Å²) in [6.45, 7) is 0.828. The normalized spacial score (nSPS) is 13.5. The molecule has 2 aromatic heterocycles. The maximum atomic E-state index is 5.04. The monoisotopic (exact) mass is 340 g/mol. The number of aromatic nitrogens is 1. The van der Waals surface area contributed by atoms with Gasteiger partial charge in [0, 0.05) is 23.1 Å². The molecule has 3 heteroatoms. The Hall–Kier alpha value is -2.78. The highest BCUT2D eigenvalue weighted by atomic mass is 32.1. The fraction of sp³-hybridized carbons (Fsp3) is 0.0909. The Labute approximate surface area is 150 Å². The second kappa shape index (κ2) is 5.94. The molecule has 0 spiro atoms. The van der Waals surface area contributed by atoms with Crippen LogP contribution in [-0.4, -0.2) is 17.2 Å². The van der Waals surface area contributed by atoms with Gasteiger partial charge in [-0.25, -0.2) is 4.98 Å². The maximum absolute atomic E-state index is 5.04. The molecule has 0 amide bonds. The first kappa shape index (κ1) is 14.6. The molecule has 2 aromatic carbocycles. The predicted octanol–water partition coefficient (Wildman–Crippen LogP) is 5.36. The van der Waals surface area contributed by atoms with E-state index in [2.05, 4.69) is 66.0 Å². The van der Waals surface area contributed by atoms with E-state index in [9.17, 15) is 0 Å². The Bertz CT molecular complexity index is 1080. The Morgan fingerprint density at radius 2 is 1.68 bits per heavy atom. The van der Waals surface area contributed by atoms with Gasteiger partial charge in [-0.3, -0.25) is 4.99 Å². The molecule has 3 heterocycles. The van der Waals surface area contributed by atoms with Gasteiger partial charge in [0.15, 0.2) is 0 Å². The first-order valence-corrected chi connectivity index (χ1v) is 9.35. The molecule has 0 fully saturated rings. The molecule has 0 N–H and O–H groups in total. The number of fused-ring (bicyclic) bond motifs is 3. The van der Waals surface area contributed by atoms with E-state index in [4.69, 9.17) is 9.98 Å². The van der Waals surface area contributed by atoms with Crippen LogP contribution in [0.3, 0.4) is 0 Å². The lowest BCUT2D eigenvalue weighted by Gasteiger charge is -2.22. The number of thiophene rings is 1. The molecule has 2 nitrogen and oxygen atoms in total. The average Bonchev–Trinajstić information content (AvgIpc) is 3.22. The van der Waals surface area contributed by atoms with E-state index in [0.717, 1.165) is 29.9 Å². The molecule has 5 rings (SSSR count). The molecule has 0 aliphatic carbocycles. The Kier molecular flexibility index (Phi) is 3.46. The summed E-state index contributed by atoms with van der Waals surface area (Å²) in [5.74, 6) is 0. The molecule has 0 bridgehead atoms. The van der Waals surface area contributed by atoms with Gasteiger partial charge in [-0.05, 0) is 29.5 Å². The molecule has 0 saturated heterocycles. The van der Waals surface area contributed by atoms with Crippen LogP contribution in [0, 0.1) is 0 Å². The van der Waals surface area contributed by atoms with Gasteiger partial charge in [0.2, 0.25) is 0 Å². The van der Waals surface area contributed by atoms with E-state index < -0.39 is 0 Å². The largest absolute Gasteiger partial charge is 0.284 e. The standard InChI is InChI=1S/C22H16N2S/c1-2-7-15(8-3-1)21-20-17(12-13-23-21)16-9-4-5-10-18(16)24-22(20)19-11-6-14-25-19/h1-11,14H,12-13H2. The van der Waals surface area contributed by atoms with Crippen molar-refractivity contribution in [3.05, 3.63) is 88.8 Å². The summed E-state index contributed by atoms with van der Waals surface area (Å²) in [5, 5.41) is 3.36. The molecule has 4 aromatic rings. The molecular formula is C22H16N2S. The van der Waals surface area contributed by atoms with Crippen LogP contribution < -0.4 is 0 Å². The van der Waals surface area contributed by atoms with Gasteiger partial charge >= 0.3 is 0 Å². The second-order valence-electron chi connectivity index (χ2n) is 6.15. The summed E-state index contributed by atoms with van der Waals surface area (Å²) in [7, 11) is 0. The van der Waals surface area contributed by atoms with Gasteiger partial charge in [0.05, 0.1) is 21.8 Å². The van der Waals surface area contributed by atoms with Crippen molar-refractivity contribution in [2.75, 3.05) is 6.54 Å². The van der Waals surface area contributed by atoms with Gasteiger partial charge < -0.3 is 0 Å². The third-order valence-corrected chi connectivity index (χ3v) is 5.55. The molecule has 1 aliphatic heterocycles. The number of aliphatic imine (C=N–C) groups is 1. The minimum Gasteiger partial charge on any atom is -0.284 e. The van der Waals surface area contributed by atoms with E-state index in [1.165, 1.54) is 27.0 Å². The van der Waals surface area contributed by atoms with Gasteiger partial charge in [-0.2, -0.15) is 0 Å². The number of hydrogen-bond donors (Lipinski definition) is 0. The Morgan fingerprint density at radius 3 is 2.52 bits per heavy atom. The quantitative estimate of drug-likeness (QED) is 0.482. The van der Waals surface area contributed by atoms with Crippen LogP contribution in [0.25, 0.3) is 21.5 Å². The van der Waals surface area contributed by atoms with Crippen LogP contribution >= 0.6 is 11.3 Å². The van der Waals surface area contributed by atoms with Gasteiger partial charge in [-0.1, -0.05) is 54.6 Å². The number of para-hydroxylation sites is 1. The Balaban J connectivity index is 1.87. The van der Waals surface area contributed by atoms with Crippen molar-refractivity contribution in [1.82, 2.24) is 4.98 Å². The van der Waals surface area contributed by atoms with Crippen molar-refractivity contribution < 1.29 is 0 Å². The zero-order valence-corrected chi connectivity index (χ0v) is 14.5. The fourth-order valence-electron chi connectivity index (χ4n) is 3.58. The first-order valence-electron chi connectivity index (χ1n) is 8.47. The van der Waals surface area contributed by atoms with E-state index in [1.54, 1.807) is 11.3 Å². The first-order chi connectivity index (χ1) is 12.4. The van der Waals surface area contributed by atoms with Crippen molar-refractivity contribution in [1.29, 1.82) is 0 Å². The van der Waals surface area contributed by atoms with Crippen molar-refractivity contribution in [2.24, 2.45) is 4.99 Å². The van der Waals surface area contributed by atoms with Crippen molar-refractivity contribution in [3.63, 3.8) is 0 Å². The maximum Gasteiger partial charge on any atom is 0.0906 e. The van der Waals surface area contributed by atoms with Crippen LogP contribution in [0.2, 0.25) is 0 Å². The van der Waals surface area contributed by atoms with Crippen LogP contribution in [0.4, 0.5) is 0 Å². The number of hydrogen-bond acceptors (Lipinski definition) is 3. The molecule has 1 aliphatic rings. The number of pyridine rings is 1. The lowest BCUT2D eigenvalue weighted by Crippen LogP contribution is -2.17. The SMILES string of the molecule is c1ccc(C2=NCCc3c2c(-c2cccs2)nc2ccccc32)cc1. The summed E-state index contributed by atoms with van der Waals surface area (Å²) >= 11 is 1.74. The van der Waals surface area contributed by atoms with Gasteiger partial charge in [-0.15, -0.1) is 11.3 Å². The summed E-state index contributed by atoms with van der Waals surface area (Å²) in [5.41, 5.74) is 6.95. The van der Waals surface area contributed by atoms with E-state index in [1.807, 2.05) is 6.07 Å². The minimum atomic E-state index is 0.828. The molecular weight excluding hydrogens is 324 g/mol. The molecule has 25 heavy (non-hydrogen) atoms. The zero-order valence-electron chi connectivity index (χ0n) is 13.6. The van der Waals surface area contributed by atoms with Gasteiger partial charge in [0.1, 0.15) is 0 Å². The van der Waals surface area contributed by atoms with Crippen molar-refractivity contribution in [3.8, 4) is 10.6 Å². The highest BCUT2D eigenvalue weighted by molar-refractivity contribution is 7.13. The average molecular weight is 340 g/mol. The van der Waals surface area contributed by atoms with Crippen LogP contribution in [0.5, 0.6) is 0 Å². The summed E-state index contributed by atoms with van der Waals surface area (Å²) < 4.78 is 0. The van der Waals surface area contributed by atoms with Crippen LogP contribution in [0.1, 0.15) is 16.7 Å². The molecule has 0 radical (unpaired) electrons. The predicted molar refractivity (Wildman–Crippen MR) is 106 cm³/mol. The van der Waals surface area contributed by atoms with Crippen LogP contribution in [-0.2, 0) is 6.42 Å². The highest BCUT2D eigenvalue weighted by Gasteiger charge is 2.24. The third kappa shape index (κ3) is 2.39. The lowest BCUT2D eigenvalue weighted by atomic mass is 9.89. The summed E-state index contributed by atoms with van der Waals surface area (Å²) in [4.78, 5) is 11.1. The summed E-state index contributed by atoms with van der Waals surface area (Å²) in [6.07, 6.45) is 0.965. The van der Waals surface area contributed by atoms with E-state index >= 15 is 0 Å². The van der Waals surface area contributed by atoms with Crippen molar-refractivity contribution in [2.45, 2.75) is 6.42 Å². The summed E-state index contributed by atoms with van der Waals surface area (Å²) in [6, 6.07) is 23.2. The smallest absolute Gasteiger partial charge is 0.0906 e. The van der Waals surface area contributed by atoms with E-state index in [-0.39, 0.29) is 0 Å². The number of nitrogens with zero attached hydrogens (tertiary/aromatic N) is 2. The van der Waals surface area contributed by atoms with E-state index in [0.29, 0.717) is 0 Å². The minimum absolute atomic E-state index is 0.828. The molecule has 0 saturated carbocycles. The molecule has 120 valence electrons. The van der Waals surface area contributed by atoms with Crippen molar-refractivity contribution >= 4 is 28.0 Å². The van der Waals surface area contributed by atoms with Crippen LogP contribution in [0.15, 0.2) is 77.1 Å². The van der Waals surface area contributed by atoms with Gasteiger partial charge in [0.25, 0.3) is 0 Å². The molecule has 0 atom stereocenters. The highest BCUT2D eigenvalue weighted by Crippen LogP contribution is 2.36. The zero-order chi connectivity index (χ0) is 16.6. The Morgan fingerprint density at radius 1 is 0.840 bits per heavy atom. The fourth-order valence-corrected chi connectivity index (χ4v) is 4.30. The second-order valence-corrected chi connectivity index (χ2v) is 7.10. The lowest BCUT2D eigenvalue weighted by molar-refractivity contribution is 0.950. The number of benzene rings is 2. The topological polar surface area (TPSA) is 25.2 Å². The molecule has 0 unspecified atom stereocenters. The number of rotatable bonds is 2.